The first-order chi connectivity index (χ1) is 9.95. The SMILES string of the molecule is CCCCN(C)S(=O)(=O)c1cc(CNC2CC2)ccc1Br. The van der Waals surface area contributed by atoms with E-state index in [-0.39, 0.29) is 0 Å². The molecule has 0 bridgehead atoms. The van der Waals surface area contributed by atoms with Crippen molar-refractivity contribution in [3.05, 3.63) is 28.2 Å². The second kappa shape index (κ2) is 7.22. The Morgan fingerprint density at radius 1 is 1.38 bits per heavy atom. The second-order valence-electron chi connectivity index (χ2n) is 5.60. The molecule has 0 aromatic heterocycles. The van der Waals surface area contributed by atoms with Crippen LogP contribution in [0.3, 0.4) is 0 Å². The number of sulfonamides is 1. The summed E-state index contributed by atoms with van der Waals surface area (Å²) in [6.45, 7) is 3.33. The molecule has 0 radical (unpaired) electrons. The molecule has 0 amide bonds. The summed E-state index contributed by atoms with van der Waals surface area (Å²) in [6, 6.07) is 6.17. The van der Waals surface area contributed by atoms with Crippen molar-refractivity contribution in [2.45, 2.75) is 50.1 Å². The molecule has 21 heavy (non-hydrogen) atoms. The van der Waals surface area contributed by atoms with E-state index in [1.54, 1.807) is 13.1 Å². The Balaban J connectivity index is 2.17. The Morgan fingerprint density at radius 3 is 2.71 bits per heavy atom. The quantitative estimate of drug-likeness (QED) is 0.760. The first-order valence-corrected chi connectivity index (χ1v) is 9.66. The minimum absolute atomic E-state index is 0.358. The van der Waals surface area contributed by atoms with E-state index in [1.165, 1.54) is 17.1 Å². The highest BCUT2D eigenvalue weighted by atomic mass is 79.9. The number of rotatable bonds is 8. The predicted molar refractivity (Wildman–Crippen MR) is 88.7 cm³/mol. The van der Waals surface area contributed by atoms with Crippen LogP contribution < -0.4 is 5.32 Å². The number of hydrogen-bond acceptors (Lipinski definition) is 3. The van der Waals surface area contributed by atoms with Crippen molar-refractivity contribution in [1.82, 2.24) is 9.62 Å². The molecule has 0 heterocycles. The third-order valence-corrected chi connectivity index (χ3v) is 6.53. The minimum Gasteiger partial charge on any atom is -0.310 e. The molecule has 0 atom stereocenters. The molecule has 6 heteroatoms. The smallest absolute Gasteiger partial charge is 0.243 e. The van der Waals surface area contributed by atoms with E-state index in [0.29, 0.717) is 22.0 Å². The van der Waals surface area contributed by atoms with Gasteiger partial charge in [0.25, 0.3) is 0 Å². The zero-order valence-electron chi connectivity index (χ0n) is 12.6. The van der Waals surface area contributed by atoms with Crippen LogP contribution in [0, 0.1) is 0 Å². The Hall–Kier alpha value is -0.430. The van der Waals surface area contributed by atoms with E-state index in [1.807, 2.05) is 12.1 Å². The third-order valence-electron chi connectivity index (χ3n) is 3.68. The molecular formula is C15H23BrN2O2S. The van der Waals surface area contributed by atoms with Crippen LogP contribution in [0.2, 0.25) is 0 Å². The van der Waals surface area contributed by atoms with Crippen molar-refractivity contribution >= 4 is 26.0 Å². The fourth-order valence-corrected chi connectivity index (χ4v) is 4.25. The number of halogens is 1. The van der Waals surface area contributed by atoms with Crippen molar-refractivity contribution in [2.24, 2.45) is 0 Å². The van der Waals surface area contributed by atoms with Crippen molar-refractivity contribution in [3.8, 4) is 0 Å². The maximum absolute atomic E-state index is 12.6. The molecule has 4 nitrogen and oxygen atoms in total. The molecule has 2 rings (SSSR count). The standard InChI is InChI=1S/C15H23BrN2O2S/c1-3-4-9-18(2)21(19,20)15-10-12(5-8-14(15)16)11-17-13-6-7-13/h5,8,10,13,17H,3-4,6-7,9,11H2,1-2H3. The van der Waals surface area contributed by atoms with Gasteiger partial charge in [-0.25, -0.2) is 12.7 Å². The number of hydrogen-bond donors (Lipinski definition) is 1. The first kappa shape index (κ1) is 16.9. The van der Waals surface area contributed by atoms with Gasteiger partial charge in [-0.3, -0.25) is 0 Å². The van der Waals surface area contributed by atoms with Crippen molar-refractivity contribution < 1.29 is 8.42 Å². The van der Waals surface area contributed by atoms with Crippen molar-refractivity contribution in [2.75, 3.05) is 13.6 Å². The molecule has 0 saturated heterocycles. The highest BCUT2D eigenvalue weighted by Gasteiger charge is 2.24. The largest absolute Gasteiger partial charge is 0.310 e. The van der Waals surface area contributed by atoms with E-state index < -0.39 is 10.0 Å². The average Bonchev–Trinajstić information content (AvgIpc) is 3.27. The molecule has 1 N–H and O–H groups in total. The van der Waals surface area contributed by atoms with E-state index in [9.17, 15) is 8.42 Å². The van der Waals surface area contributed by atoms with Gasteiger partial charge in [-0.2, -0.15) is 0 Å². The molecule has 1 aromatic carbocycles. The normalized spacial score (nSPS) is 15.6. The Bertz CT molecular complexity index is 585. The molecule has 0 aliphatic heterocycles. The van der Waals surface area contributed by atoms with Gasteiger partial charge in [0.2, 0.25) is 10.0 Å². The number of unbranched alkanes of at least 4 members (excludes halogenated alkanes) is 1. The molecule has 118 valence electrons. The third kappa shape index (κ3) is 4.52. The molecule has 1 aliphatic rings. The van der Waals surface area contributed by atoms with Crippen LogP contribution in [0.1, 0.15) is 38.2 Å². The molecule has 1 saturated carbocycles. The van der Waals surface area contributed by atoms with E-state index >= 15 is 0 Å². The summed E-state index contributed by atoms with van der Waals surface area (Å²) in [7, 11) is -1.78. The lowest BCUT2D eigenvalue weighted by Gasteiger charge is -2.18. The molecule has 1 aromatic rings. The predicted octanol–water partition coefficient (Wildman–Crippen LogP) is 3.12. The summed E-state index contributed by atoms with van der Waals surface area (Å²) < 4.78 is 27.3. The summed E-state index contributed by atoms with van der Waals surface area (Å²) in [4.78, 5) is 0.358. The fourth-order valence-electron chi connectivity index (χ4n) is 2.07. The second-order valence-corrected chi connectivity index (χ2v) is 8.47. The average molecular weight is 375 g/mol. The van der Waals surface area contributed by atoms with E-state index in [0.717, 1.165) is 24.9 Å². The van der Waals surface area contributed by atoms with E-state index in [2.05, 4.69) is 28.2 Å². The van der Waals surface area contributed by atoms with Crippen molar-refractivity contribution in [1.29, 1.82) is 0 Å². The van der Waals surface area contributed by atoms with Gasteiger partial charge in [0.15, 0.2) is 0 Å². The lowest BCUT2D eigenvalue weighted by molar-refractivity contribution is 0.459. The van der Waals surface area contributed by atoms with Gasteiger partial charge in [-0.1, -0.05) is 19.4 Å². The van der Waals surface area contributed by atoms with Gasteiger partial charge < -0.3 is 5.32 Å². The number of benzene rings is 1. The van der Waals surface area contributed by atoms with Gasteiger partial charge in [0, 0.05) is 30.7 Å². The van der Waals surface area contributed by atoms with Gasteiger partial charge in [0.1, 0.15) is 0 Å². The molecule has 1 fully saturated rings. The van der Waals surface area contributed by atoms with Crippen LogP contribution in [0.4, 0.5) is 0 Å². The topological polar surface area (TPSA) is 49.4 Å². The van der Waals surface area contributed by atoms with Crippen molar-refractivity contribution in [3.63, 3.8) is 0 Å². The maximum Gasteiger partial charge on any atom is 0.243 e. The minimum atomic E-state index is -3.43. The van der Waals surface area contributed by atoms with Gasteiger partial charge in [-0.15, -0.1) is 0 Å². The van der Waals surface area contributed by atoms with Crippen LogP contribution in [0.5, 0.6) is 0 Å². The highest BCUT2D eigenvalue weighted by molar-refractivity contribution is 9.10. The fraction of sp³-hybridized carbons (Fsp3) is 0.600. The summed E-state index contributed by atoms with van der Waals surface area (Å²) in [6.07, 6.45) is 4.30. The highest BCUT2D eigenvalue weighted by Crippen LogP contribution is 2.26. The molecule has 1 aliphatic carbocycles. The lowest BCUT2D eigenvalue weighted by atomic mass is 10.2. The summed E-state index contributed by atoms with van der Waals surface area (Å²) in [5.41, 5.74) is 1.01. The monoisotopic (exact) mass is 374 g/mol. The number of nitrogens with one attached hydrogen (secondary N) is 1. The van der Waals surface area contributed by atoms with Crippen LogP contribution in [0.15, 0.2) is 27.6 Å². The zero-order chi connectivity index (χ0) is 15.5. The molecular weight excluding hydrogens is 352 g/mol. The lowest BCUT2D eigenvalue weighted by Crippen LogP contribution is -2.28. The Labute approximate surface area is 136 Å². The molecule has 0 unspecified atom stereocenters. The van der Waals surface area contributed by atoms with Gasteiger partial charge >= 0.3 is 0 Å². The zero-order valence-corrected chi connectivity index (χ0v) is 15.0. The Morgan fingerprint density at radius 2 is 2.10 bits per heavy atom. The van der Waals surface area contributed by atoms with Crippen LogP contribution in [-0.4, -0.2) is 32.4 Å². The maximum atomic E-state index is 12.6. The van der Waals surface area contributed by atoms with Gasteiger partial charge in [0.05, 0.1) is 4.90 Å². The summed E-state index contributed by atoms with van der Waals surface area (Å²) in [5.74, 6) is 0. The summed E-state index contributed by atoms with van der Waals surface area (Å²) >= 11 is 3.37. The van der Waals surface area contributed by atoms with E-state index in [4.69, 9.17) is 0 Å². The van der Waals surface area contributed by atoms with Crippen LogP contribution in [0.25, 0.3) is 0 Å². The van der Waals surface area contributed by atoms with Crippen LogP contribution in [-0.2, 0) is 16.6 Å². The van der Waals surface area contributed by atoms with Crippen LogP contribution >= 0.6 is 15.9 Å². The summed E-state index contributed by atoms with van der Waals surface area (Å²) in [5, 5.41) is 3.41. The first-order valence-electron chi connectivity index (χ1n) is 7.43. The van der Waals surface area contributed by atoms with Gasteiger partial charge in [-0.05, 0) is 52.9 Å². The Kier molecular flexibility index (Phi) is 5.82. The number of nitrogens with zero attached hydrogens (tertiary/aromatic N) is 1. The molecule has 0 spiro atoms.